The van der Waals surface area contributed by atoms with E-state index >= 15 is 0 Å². The van der Waals surface area contributed by atoms with E-state index in [1.54, 1.807) is 24.3 Å². The van der Waals surface area contributed by atoms with Crippen LogP contribution in [0.5, 0.6) is 0 Å². The summed E-state index contributed by atoms with van der Waals surface area (Å²) < 4.78 is 0. The third-order valence-corrected chi connectivity index (χ3v) is 3.95. The third kappa shape index (κ3) is 2.80. The predicted octanol–water partition coefficient (Wildman–Crippen LogP) is 0.605. The molecule has 0 spiro atoms. The standard InChI is InChI=1S/C15H18N4O2/c1-19-7-6-10(9-19)8-16-15(21)13-11-4-2-3-5-12(11)14(20)18-17-13/h2-5,10H,6-9H2,1H3,(H,16,21)(H,18,20). The molecule has 1 fully saturated rings. The van der Waals surface area contributed by atoms with Crippen LogP contribution in [0.4, 0.5) is 0 Å². The highest BCUT2D eigenvalue weighted by Crippen LogP contribution is 2.14. The van der Waals surface area contributed by atoms with Crippen molar-refractivity contribution < 1.29 is 4.79 Å². The van der Waals surface area contributed by atoms with E-state index in [-0.39, 0.29) is 17.2 Å². The van der Waals surface area contributed by atoms with Crippen LogP contribution >= 0.6 is 0 Å². The monoisotopic (exact) mass is 286 g/mol. The van der Waals surface area contributed by atoms with Crippen molar-refractivity contribution in [3.63, 3.8) is 0 Å². The maximum atomic E-state index is 12.3. The highest BCUT2D eigenvalue weighted by atomic mass is 16.2. The summed E-state index contributed by atoms with van der Waals surface area (Å²) in [5.74, 6) is 0.241. The molecule has 0 saturated carbocycles. The molecule has 2 heterocycles. The van der Waals surface area contributed by atoms with Crippen LogP contribution in [0.3, 0.4) is 0 Å². The van der Waals surface area contributed by atoms with Crippen molar-refractivity contribution in [3.8, 4) is 0 Å². The Morgan fingerprint density at radius 2 is 2.19 bits per heavy atom. The Morgan fingerprint density at radius 1 is 1.43 bits per heavy atom. The zero-order valence-electron chi connectivity index (χ0n) is 11.9. The van der Waals surface area contributed by atoms with Crippen molar-refractivity contribution >= 4 is 16.7 Å². The summed E-state index contributed by atoms with van der Waals surface area (Å²) >= 11 is 0. The maximum Gasteiger partial charge on any atom is 0.272 e. The van der Waals surface area contributed by atoms with Gasteiger partial charge in [-0.25, -0.2) is 5.10 Å². The average Bonchev–Trinajstić information content (AvgIpc) is 2.91. The molecule has 1 aromatic heterocycles. The quantitative estimate of drug-likeness (QED) is 0.866. The van der Waals surface area contributed by atoms with Gasteiger partial charge in [0.05, 0.1) is 5.39 Å². The van der Waals surface area contributed by atoms with Gasteiger partial charge in [-0.15, -0.1) is 0 Å². The minimum atomic E-state index is -0.278. The summed E-state index contributed by atoms with van der Waals surface area (Å²) in [6.45, 7) is 2.71. The van der Waals surface area contributed by atoms with Crippen LogP contribution in [-0.4, -0.2) is 47.7 Å². The first-order chi connectivity index (χ1) is 10.1. The van der Waals surface area contributed by atoms with Gasteiger partial charge in [-0.2, -0.15) is 5.10 Å². The number of H-pyrrole nitrogens is 1. The van der Waals surface area contributed by atoms with Crippen LogP contribution in [0.1, 0.15) is 16.9 Å². The molecule has 1 aromatic carbocycles. The van der Waals surface area contributed by atoms with Crippen LogP contribution in [0.15, 0.2) is 29.1 Å². The van der Waals surface area contributed by atoms with Gasteiger partial charge in [0.25, 0.3) is 11.5 Å². The molecule has 0 bridgehead atoms. The first kappa shape index (κ1) is 13.8. The van der Waals surface area contributed by atoms with Crippen LogP contribution in [0.2, 0.25) is 0 Å². The summed E-state index contributed by atoms with van der Waals surface area (Å²) in [4.78, 5) is 26.3. The van der Waals surface area contributed by atoms with Crippen LogP contribution in [-0.2, 0) is 0 Å². The van der Waals surface area contributed by atoms with Crippen LogP contribution in [0, 0.1) is 5.92 Å². The van der Waals surface area contributed by atoms with E-state index < -0.39 is 0 Å². The lowest BCUT2D eigenvalue weighted by atomic mass is 10.1. The predicted molar refractivity (Wildman–Crippen MR) is 80.3 cm³/mol. The average molecular weight is 286 g/mol. The molecular formula is C15H18N4O2. The Balaban J connectivity index is 1.79. The number of hydrogen-bond acceptors (Lipinski definition) is 4. The van der Waals surface area contributed by atoms with E-state index in [9.17, 15) is 9.59 Å². The van der Waals surface area contributed by atoms with E-state index in [0.717, 1.165) is 19.5 Å². The first-order valence-electron chi connectivity index (χ1n) is 7.09. The fourth-order valence-electron chi connectivity index (χ4n) is 2.80. The van der Waals surface area contributed by atoms with Crippen LogP contribution in [0.25, 0.3) is 10.8 Å². The summed E-state index contributed by atoms with van der Waals surface area (Å²) in [5.41, 5.74) is -0.00359. The number of fused-ring (bicyclic) bond motifs is 1. The second-order valence-electron chi connectivity index (χ2n) is 5.57. The second kappa shape index (κ2) is 5.65. The zero-order chi connectivity index (χ0) is 14.8. The van der Waals surface area contributed by atoms with Crippen molar-refractivity contribution in [2.45, 2.75) is 6.42 Å². The Hall–Kier alpha value is -2.21. The van der Waals surface area contributed by atoms with Crippen molar-refractivity contribution in [1.82, 2.24) is 20.4 Å². The first-order valence-corrected chi connectivity index (χ1v) is 7.09. The van der Waals surface area contributed by atoms with Crippen molar-refractivity contribution in [2.75, 3.05) is 26.7 Å². The Morgan fingerprint density at radius 3 is 2.90 bits per heavy atom. The van der Waals surface area contributed by atoms with Crippen molar-refractivity contribution in [2.24, 2.45) is 5.92 Å². The molecule has 3 rings (SSSR count). The highest BCUT2D eigenvalue weighted by Gasteiger charge is 2.21. The number of nitrogens with one attached hydrogen (secondary N) is 2. The number of carbonyl (C=O) groups excluding carboxylic acids is 1. The number of aromatic nitrogens is 2. The van der Waals surface area contributed by atoms with Gasteiger partial charge in [0.2, 0.25) is 0 Å². The SMILES string of the molecule is CN1CCC(CNC(=O)c2n[nH]c(=O)c3ccccc23)C1. The molecule has 6 heteroatoms. The van der Waals surface area contributed by atoms with Gasteiger partial charge in [-0.05, 0) is 32.0 Å². The number of hydrogen-bond donors (Lipinski definition) is 2. The number of nitrogens with zero attached hydrogens (tertiary/aromatic N) is 2. The molecule has 1 saturated heterocycles. The Bertz CT molecular complexity index is 725. The van der Waals surface area contributed by atoms with E-state index in [1.807, 2.05) is 0 Å². The minimum absolute atomic E-state index is 0.239. The molecule has 1 aliphatic rings. The van der Waals surface area contributed by atoms with Gasteiger partial charge in [-0.1, -0.05) is 18.2 Å². The highest BCUT2D eigenvalue weighted by molar-refractivity contribution is 6.04. The van der Waals surface area contributed by atoms with Gasteiger partial charge >= 0.3 is 0 Å². The van der Waals surface area contributed by atoms with Gasteiger partial charge in [-0.3, -0.25) is 9.59 Å². The lowest BCUT2D eigenvalue weighted by molar-refractivity contribution is 0.0943. The molecule has 0 aliphatic carbocycles. The summed E-state index contributed by atoms with van der Waals surface area (Å²) in [7, 11) is 2.08. The maximum absolute atomic E-state index is 12.3. The molecule has 110 valence electrons. The smallest absolute Gasteiger partial charge is 0.272 e. The fourth-order valence-corrected chi connectivity index (χ4v) is 2.80. The molecule has 2 N–H and O–H groups in total. The van der Waals surface area contributed by atoms with Gasteiger partial charge in [0.15, 0.2) is 5.69 Å². The molecule has 1 unspecified atom stereocenters. The molecule has 1 atom stereocenters. The molecule has 6 nitrogen and oxygen atoms in total. The number of benzene rings is 1. The Labute approximate surface area is 122 Å². The Kier molecular flexibility index (Phi) is 3.70. The third-order valence-electron chi connectivity index (χ3n) is 3.95. The summed E-state index contributed by atoms with van der Waals surface area (Å²) in [6.07, 6.45) is 1.09. The van der Waals surface area contributed by atoms with E-state index in [2.05, 4.69) is 27.5 Å². The number of aromatic amines is 1. The number of rotatable bonds is 3. The van der Waals surface area contributed by atoms with E-state index in [0.29, 0.717) is 23.2 Å². The van der Waals surface area contributed by atoms with Gasteiger partial charge < -0.3 is 10.2 Å². The van der Waals surface area contributed by atoms with Crippen molar-refractivity contribution in [1.29, 1.82) is 0 Å². The minimum Gasteiger partial charge on any atom is -0.350 e. The second-order valence-corrected chi connectivity index (χ2v) is 5.57. The summed E-state index contributed by atoms with van der Waals surface area (Å²) in [6, 6.07) is 7.01. The number of amides is 1. The lowest BCUT2D eigenvalue weighted by Gasteiger charge is -2.12. The lowest BCUT2D eigenvalue weighted by Crippen LogP contribution is -2.32. The largest absolute Gasteiger partial charge is 0.350 e. The molecule has 2 aromatic rings. The fraction of sp³-hybridized carbons (Fsp3) is 0.400. The number of likely N-dealkylation sites (tertiary alicyclic amines) is 1. The van der Waals surface area contributed by atoms with E-state index in [1.165, 1.54) is 0 Å². The normalized spacial score (nSPS) is 19.0. The van der Waals surface area contributed by atoms with Crippen LogP contribution < -0.4 is 10.9 Å². The zero-order valence-corrected chi connectivity index (χ0v) is 11.9. The molecule has 1 aliphatic heterocycles. The van der Waals surface area contributed by atoms with Gasteiger partial charge in [0.1, 0.15) is 0 Å². The molecule has 0 radical (unpaired) electrons. The molecule has 1 amide bonds. The molecular weight excluding hydrogens is 268 g/mol. The topological polar surface area (TPSA) is 78.1 Å². The summed E-state index contributed by atoms with van der Waals surface area (Å²) in [5, 5.41) is 10.3. The van der Waals surface area contributed by atoms with Gasteiger partial charge in [0, 0.05) is 18.5 Å². The number of carbonyl (C=O) groups is 1. The van der Waals surface area contributed by atoms with Crippen molar-refractivity contribution in [3.05, 3.63) is 40.3 Å². The molecule has 21 heavy (non-hydrogen) atoms. The van der Waals surface area contributed by atoms with E-state index in [4.69, 9.17) is 0 Å².